The standard InChI is InChI=1S/C13H21NO2/c15-13(16)5-6-14(11-3-4-11)12-8-9-1-2-10(12)7-9/h9-12H,1-8H2,(H,15,16). The number of hydrogen-bond donors (Lipinski definition) is 1. The van der Waals surface area contributed by atoms with E-state index in [1.807, 2.05) is 0 Å². The van der Waals surface area contributed by atoms with Crippen LogP contribution in [0.1, 0.15) is 44.9 Å². The largest absolute Gasteiger partial charge is 0.481 e. The van der Waals surface area contributed by atoms with E-state index in [0.717, 1.165) is 30.5 Å². The van der Waals surface area contributed by atoms with Gasteiger partial charge in [0.1, 0.15) is 0 Å². The minimum atomic E-state index is -0.645. The molecule has 0 aromatic rings. The summed E-state index contributed by atoms with van der Waals surface area (Å²) in [6.07, 6.45) is 8.51. The molecule has 0 heterocycles. The van der Waals surface area contributed by atoms with Crippen LogP contribution < -0.4 is 0 Å². The predicted molar refractivity (Wildman–Crippen MR) is 61.2 cm³/mol. The summed E-state index contributed by atoms with van der Waals surface area (Å²) in [5, 5.41) is 8.81. The highest BCUT2D eigenvalue weighted by molar-refractivity contribution is 5.66. The molecule has 3 aliphatic carbocycles. The monoisotopic (exact) mass is 223 g/mol. The summed E-state index contributed by atoms with van der Waals surface area (Å²) in [5.74, 6) is 1.20. The van der Waals surface area contributed by atoms with Crippen LogP contribution in [0.5, 0.6) is 0 Å². The Bertz CT molecular complexity index is 288. The third-order valence-corrected chi connectivity index (χ3v) is 4.73. The average Bonchev–Trinajstić information content (AvgIpc) is 2.87. The molecule has 3 fully saturated rings. The Morgan fingerprint density at radius 2 is 2.00 bits per heavy atom. The topological polar surface area (TPSA) is 40.5 Å². The molecule has 0 aromatic heterocycles. The molecular formula is C13H21NO2. The lowest BCUT2D eigenvalue weighted by atomic mass is 9.93. The average molecular weight is 223 g/mol. The highest BCUT2D eigenvalue weighted by Gasteiger charge is 2.45. The lowest BCUT2D eigenvalue weighted by Crippen LogP contribution is -2.41. The summed E-state index contributed by atoms with van der Waals surface area (Å²) >= 11 is 0. The molecule has 16 heavy (non-hydrogen) atoms. The zero-order chi connectivity index (χ0) is 11.1. The predicted octanol–water partition coefficient (Wildman–Crippen LogP) is 2.11. The number of rotatable bonds is 5. The van der Waals surface area contributed by atoms with E-state index in [9.17, 15) is 4.79 Å². The van der Waals surface area contributed by atoms with Crippen molar-refractivity contribution >= 4 is 5.97 Å². The summed E-state index contributed by atoms with van der Waals surface area (Å²) < 4.78 is 0. The summed E-state index contributed by atoms with van der Waals surface area (Å²) in [5.41, 5.74) is 0. The Morgan fingerprint density at radius 3 is 2.50 bits per heavy atom. The van der Waals surface area contributed by atoms with Crippen LogP contribution in [-0.2, 0) is 4.79 Å². The van der Waals surface area contributed by atoms with Crippen molar-refractivity contribution in [3.05, 3.63) is 0 Å². The van der Waals surface area contributed by atoms with Crippen LogP contribution in [0.15, 0.2) is 0 Å². The molecule has 0 amide bonds. The molecule has 2 bridgehead atoms. The van der Waals surface area contributed by atoms with Crippen molar-refractivity contribution < 1.29 is 9.90 Å². The molecule has 3 unspecified atom stereocenters. The number of hydrogen-bond acceptors (Lipinski definition) is 2. The fourth-order valence-electron chi connectivity index (χ4n) is 3.87. The second-order valence-corrected chi connectivity index (χ2v) is 5.85. The zero-order valence-corrected chi connectivity index (χ0v) is 9.77. The first kappa shape index (κ1) is 10.6. The van der Waals surface area contributed by atoms with Gasteiger partial charge in [-0.05, 0) is 43.9 Å². The third kappa shape index (κ3) is 1.97. The number of carboxylic acids is 1. The fraction of sp³-hybridized carbons (Fsp3) is 0.923. The van der Waals surface area contributed by atoms with Crippen molar-refractivity contribution in [2.45, 2.75) is 57.0 Å². The Kier molecular flexibility index (Phi) is 2.66. The molecule has 0 radical (unpaired) electrons. The number of nitrogens with zero attached hydrogens (tertiary/aromatic N) is 1. The molecule has 3 rings (SSSR count). The van der Waals surface area contributed by atoms with E-state index in [0.29, 0.717) is 6.42 Å². The molecule has 3 nitrogen and oxygen atoms in total. The normalized spacial score (nSPS) is 37.2. The molecule has 3 aliphatic rings. The Balaban J connectivity index is 1.62. The molecule has 3 heteroatoms. The van der Waals surface area contributed by atoms with E-state index < -0.39 is 5.97 Å². The molecule has 0 spiro atoms. The molecule has 90 valence electrons. The van der Waals surface area contributed by atoms with Gasteiger partial charge in [0.05, 0.1) is 6.42 Å². The number of carboxylic acid groups (broad SMARTS) is 1. The van der Waals surface area contributed by atoms with Crippen molar-refractivity contribution in [3.63, 3.8) is 0 Å². The maximum Gasteiger partial charge on any atom is 0.304 e. The van der Waals surface area contributed by atoms with Gasteiger partial charge in [0.2, 0.25) is 0 Å². The molecule has 0 saturated heterocycles. The fourth-order valence-corrected chi connectivity index (χ4v) is 3.87. The number of aliphatic carboxylic acids is 1. The Morgan fingerprint density at radius 1 is 1.19 bits per heavy atom. The smallest absolute Gasteiger partial charge is 0.304 e. The zero-order valence-electron chi connectivity index (χ0n) is 9.77. The van der Waals surface area contributed by atoms with Gasteiger partial charge in [0, 0.05) is 18.6 Å². The van der Waals surface area contributed by atoms with Gasteiger partial charge in [0.15, 0.2) is 0 Å². The van der Waals surface area contributed by atoms with Crippen LogP contribution in [0.4, 0.5) is 0 Å². The second kappa shape index (κ2) is 4.02. The highest BCUT2D eigenvalue weighted by Crippen LogP contribution is 2.48. The molecule has 3 atom stereocenters. The van der Waals surface area contributed by atoms with E-state index >= 15 is 0 Å². The van der Waals surface area contributed by atoms with Crippen molar-refractivity contribution in [3.8, 4) is 0 Å². The molecule has 1 N–H and O–H groups in total. The van der Waals surface area contributed by atoms with Crippen LogP contribution in [0, 0.1) is 11.8 Å². The van der Waals surface area contributed by atoms with Gasteiger partial charge in [-0.1, -0.05) is 6.42 Å². The van der Waals surface area contributed by atoms with E-state index in [4.69, 9.17) is 5.11 Å². The lowest BCUT2D eigenvalue weighted by Gasteiger charge is -2.34. The molecular weight excluding hydrogens is 202 g/mol. The van der Waals surface area contributed by atoms with Gasteiger partial charge in [-0.2, -0.15) is 0 Å². The van der Waals surface area contributed by atoms with Crippen LogP contribution in [-0.4, -0.2) is 34.6 Å². The minimum absolute atomic E-state index is 0.324. The lowest BCUT2D eigenvalue weighted by molar-refractivity contribution is -0.137. The second-order valence-electron chi connectivity index (χ2n) is 5.85. The highest BCUT2D eigenvalue weighted by atomic mass is 16.4. The minimum Gasteiger partial charge on any atom is -0.481 e. The van der Waals surface area contributed by atoms with Crippen LogP contribution in [0.3, 0.4) is 0 Å². The van der Waals surface area contributed by atoms with Crippen molar-refractivity contribution in [2.24, 2.45) is 11.8 Å². The molecule has 0 aliphatic heterocycles. The van der Waals surface area contributed by atoms with Crippen molar-refractivity contribution in [1.82, 2.24) is 4.90 Å². The van der Waals surface area contributed by atoms with Crippen molar-refractivity contribution in [2.75, 3.05) is 6.54 Å². The molecule has 3 saturated carbocycles. The van der Waals surface area contributed by atoms with E-state index in [1.165, 1.54) is 38.5 Å². The first-order valence-corrected chi connectivity index (χ1v) is 6.71. The quantitative estimate of drug-likeness (QED) is 0.776. The summed E-state index contributed by atoms with van der Waals surface area (Å²) in [6, 6.07) is 1.45. The third-order valence-electron chi connectivity index (χ3n) is 4.73. The van der Waals surface area contributed by atoms with Crippen molar-refractivity contribution in [1.29, 1.82) is 0 Å². The van der Waals surface area contributed by atoms with E-state index in [-0.39, 0.29) is 0 Å². The number of carbonyl (C=O) groups is 1. The van der Waals surface area contributed by atoms with Gasteiger partial charge in [0.25, 0.3) is 0 Å². The van der Waals surface area contributed by atoms with E-state index in [2.05, 4.69) is 4.90 Å². The SMILES string of the molecule is O=C(O)CCN(C1CC1)C1CC2CCC1C2. The van der Waals surface area contributed by atoms with Gasteiger partial charge >= 0.3 is 5.97 Å². The van der Waals surface area contributed by atoms with Crippen LogP contribution in [0.25, 0.3) is 0 Å². The first-order chi connectivity index (χ1) is 7.74. The summed E-state index contributed by atoms with van der Waals surface area (Å²) in [4.78, 5) is 13.2. The number of fused-ring (bicyclic) bond motifs is 2. The van der Waals surface area contributed by atoms with Gasteiger partial charge in [-0.25, -0.2) is 0 Å². The first-order valence-electron chi connectivity index (χ1n) is 6.71. The van der Waals surface area contributed by atoms with Crippen LogP contribution in [0.2, 0.25) is 0 Å². The molecule has 0 aromatic carbocycles. The Hall–Kier alpha value is -0.570. The Labute approximate surface area is 96.8 Å². The summed E-state index contributed by atoms with van der Waals surface area (Å²) in [6.45, 7) is 0.786. The van der Waals surface area contributed by atoms with Gasteiger partial charge in [-0.3, -0.25) is 9.69 Å². The van der Waals surface area contributed by atoms with Gasteiger partial charge in [-0.15, -0.1) is 0 Å². The maximum absolute atomic E-state index is 10.7. The summed E-state index contributed by atoms with van der Waals surface area (Å²) in [7, 11) is 0. The maximum atomic E-state index is 10.7. The van der Waals surface area contributed by atoms with E-state index in [1.54, 1.807) is 0 Å². The van der Waals surface area contributed by atoms with Crippen LogP contribution >= 0.6 is 0 Å². The van der Waals surface area contributed by atoms with Gasteiger partial charge < -0.3 is 5.11 Å².